The van der Waals surface area contributed by atoms with Gasteiger partial charge >= 0.3 is 0 Å². The van der Waals surface area contributed by atoms with Crippen LogP contribution in [0.2, 0.25) is 0 Å². The summed E-state index contributed by atoms with van der Waals surface area (Å²) in [5, 5.41) is 8.67. The maximum Gasteiger partial charge on any atom is 0.248 e. The summed E-state index contributed by atoms with van der Waals surface area (Å²) >= 11 is 0. The van der Waals surface area contributed by atoms with Crippen LogP contribution < -0.4 is 4.74 Å². The fraction of sp³-hybridized carbons (Fsp3) is 0.500. The van der Waals surface area contributed by atoms with E-state index in [-0.39, 0.29) is 24.6 Å². The summed E-state index contributed by atoms with van der Waals surface area (Å²) in [4.78, 5) is 3.95. The van der Waals surface area contributed by atoms with Crippen LogP contribution in [0.3, 0.4) is 0 Å². The highest BCUT2D eigenvalue weighted by Gasteiger charge is 2.35. The third-order valence-electron chi connectivity index (χ3n) is 2.79. The molecule has 1 aliphatic rings. The lowest BCUT2D eigenvalue weighted by Gasteiger charge is -2.28. The fourth-order valence-corrected chi connectivity index (χ4v) is 1.84. The predicted molar refractivity (Wildman–Crippen MR) is 56.8 cm³/mol. The van der Waals surface area contributed by atoms with Crippen LogP contribution >= 0.6 is 0 Å². The van der Waals surface area contributed by atoms with Crippen molar-refractivity contribution in [2.45, 2.75) is 37.7 Å². The Labute approximate surface area is 98.0 Å². The Balaban J connectivity index is 1.96. The van der Waals surface area contributed by atoms with Crippen molar-refractivity contribution in [3.63, 3.8) is 0 Å². The second kappa shape index (κ2) is 4.66. The molecule has 0 aromatic carbocycles. The van der Waals surface area contributed by atoms with E-state index >= 15 is 0 Å². The van der Waals surface area contributed by atoms with Gasteiger partial charge in [-0.15, -0.1) is 0 Å². The third kappa shape index (κ3) is 3.13. The number of nitrogens with zero attached hydrogens (tertiary/aromatic N) is 2. The summed E-state index contributed by atoms with van der Waals surface area (Å²) in [6.45, 7) is 0. The topological polar surface area (TPSA) is 45.9 Å². The monoisotopic (exact) mass is 238 g/mol. The number of hydrogen-bond donors (Lipinski definition) is 0. The van der Waals surface area contributed by atoms with E-state index in [4.69, 9.17) is 10.00 Å². The zero-order chi connectivity index (χ0) is 12.3. The second-order valence-electron chi connectivity index (χ2n) is 4.15. The predicted octanol–water partition coefficient (Wildman–Crippen LogP) is 2.91. The Morgan fingerprint density at radius 2 is 2.06 bits per heavy atom. The molecule has 3 nitrogen and oxygen atoms in total. The standard InChI is InChI=1S/C12H12F2N2O/c13-12(14)6-4-10(5-7-12)17-11-3-1-2-9(8-15)16-11/h1-3,10H,4-7H2. The molecule has 90 valence electrons. The van der Waals surface area contributed by atoms with Crippen molar-refractivity contribution in [3.8, 4) is 11.9 Å². The van der Waals surface area contributed by atoms with Gasteiger partial charge in [-0.05, 0) is 18.9 Å². The smallest absolute Gasteiger partial charge is 0.248 e. The van der Waals surface area contributed by atoms with Crippen LogP contribution in [-0.4, -0.2) is 17.0 Å². The van der Waals surface area contributed by atoms with E-state index in [0.717, 1.165) is 0 Å². The van der Waals surface area contributed by atoms with Gasteiger partial charge < -0.3 is 4.74 Å². The molecule has 0 unspecified atom stereocenters. The van der Waals surface area contributed by atoms with Crippen molar-refractivity contribution in [1.29, 1.82) is 5.26 Å². The highest BCUT2D eigenvalue weighted by Crippen LogP contribution is 2.34. The molecule has 1 aliphatic carbocycles. The van der Waals surface area contributed by atoms with Gasteiger partial charge in [-0.1, -0.05) is 6.07 Å². The van der Waals surface area contributed by atoms with Gasteiger partial charge in [0.25, 0.3) is 0 Å². The molecule has 17 heavy (non-hydrogen) atoms. The molecule has 0 saturated heterocycles. The molecule has 0 aliphatic heterocycles. The van der Waals surface area contributed by atoms with Gasteiger partial charge in [-0.3, -0.25) is 0 Å². The first kappa shape index (κ1) is 11.8. The molecule has 0 radical (unpaired) electrons. The van der Waals surface area contributed by atoms with Crippen LogP contribution in [0, 0.1) is 11.3 Å². The van der Waals surface area contributed by atoms with Crippen molar-refractivity contribution in [1.82, 2.24) is 4.98 Å². The molecular weight excluding hydrogens is 226 g/mol. The molecule has 1 fully saturated rings. The number of pyridine rings is 1. The average molecular weight is 238 g/mol. The van der Waals surface area contributed by atoms with Crippen molar-refractivity contribution in [2.24, 2.45) is 0 Å². The largest absolute Gasteiger partial charge is 0.474 e. The van der Waals surface area contributed by atoms with E-state index in [9.17, 15) is 8.78 Å². The van der Waals surface area contributed by atoms with Crippen LogP contribution in [0.4, 0.5) is 8.78 Å². The zero-order valence-corrected chi connectivity index (χ0v) is 9.20. The summed E-state index contributed by atoms with van der Waals surface area (Å²) in [7, 11) is 0. The van der Waals surface area contributed by atoms with E-state index in [1.807, 2.05) is 6.07 Å². The molecule has 0 amide bonds. The Morgan fingerprint density at radius 3 is 2.71 bits per heavy atom. The summed E-state index contributed by atoms with van der Waals surface area (Å²) in [6.07, 6.45) is 0.137. The summed E-state index contributed by atoms with van der Waals surface area (Å²) < 4.78 is 31.3. The highest BCUT2D eigenvalue weighted by molar-refractivity contribution is 5.24. The van der Waals surface area contributed by atoms with Gasteiger partial charge in [-0.25, -0.2) is 13.8 Å². The number of hydrogen-bond acceptors (Lipinski definition) is 3. The van der Waals surface area contributed by atoms with Crippen molar-refractivity contribution < 1.29 is 13.5 Å². The van der Waals surface area contributed by atoms with E-state index < -0.39 is 5.92 Å². The van der Waals surface area contributed by atoms with Crippen LogP contribution in [0.5, 0.6) is 5.88 Å². The first-order valence-electron chi connectivity index (χ1n) is 5.51. The summed E-state index contributed by atoms with van der Waals surface area (Å²) in [6, 6.07) is 6.78. The lowest BCUT2D eigenvalue weighted by Crippen LogP contribution is -2.30. The molecule has 0 spiro atoms. The maximum atomic E-state index is 12.9. The Bertz CT molecular complexity index is 432. The van der Waals surface area contributed by atoms with Gasteiger partial charge in [0.05, 0.1) is 0 Å². The minimum absolute atomic E-state index is 0.143. The van der Waals surface area contributed by atoms with Crippen molar-refractivity contribution in [3.05, 3.63) is 23.9 Å². The second-order valence-corrected chi connectivity index (χ2v) is 4.15. The number of ether oxygens (including phenoxy) is 1. The highest BCUT2D eigenvalue weighted by atomic mass is 19.3. The molecule has 5 heteroatoms. The minimum Gasteiger partial charge on any atom is -0.474 e. The van der Waals surface area contributed by atoms with Crippen LogP contribution in [-0.2, 0) is 0 Å². The van der Waals surface area contributed by atoms with Gasteiger partial charge in [0.1, 0.15) is 17.9 Å². The molecule has 1 saturated carbocycles. The van der Waals surface area contributed by atoms with Gasteiger partial charge in [0.15, 0.2) is 0 Å². The summed E-state index contributed by atoms with van der Waals surface area (Å²) in [5.41, 5.74) is 0.267. The molecule has 0 bridgehead atoms. The summed E-state index contributed by atoms with van der Waals surface area (Å²) in [5.74, 6) is -2.22. The molecule has 1 aromatic heterocycles. The minimum atomic E-state index is -2.55. The van der Waals surface area contributed by atoms with Crippen molar-refractivity contribution >= 4 is 0 Å². The van der Waals surface area contributed by atoms with Gasteiger partial charge in [-0.2, -0.15) is 5.26 Å². The van der Waals surface area contributed by atoms with Crippen LogP contribution in [0.15, 0.2) is 18.2 Å². The van der Waals surface area contributed by atoms with Crippen molar-refractivity contribution in [2.75, 3.05) is 0 Å². The van der Waals surface area contributed by atoms with E-state index in [2.05, 4.69) is 4.98 Å². The van der Waals surface area contributed by atoms with Gasteiger partial charge in [0.2, 0.25) is 11.8 Å². The molecule has 2 rings (SSSR count). The first-order chi connectivity index (χ1) is 8.09. The molecule has 0 atom stereocenters. The molecule has 1 aromatic rings. The number of rotatable bonds is 2. The molecule has 1 heterocycles. The number of nitriles is 1. The Kier molecular flexibility index (Phi) is 3.23. The van der Waals surface area contributed by atoms with Crippen LogP contribution in [0.1, 0.15) is 31.4 Å². The first-order valence-corrected chi connectivity index (χ1v) is 5.51. The fourth-order valence-electron chi connectivity index (χ4n) is 1.84. The number of aromatic nitrogens is 1. The van der Waals surface area contributed by atoms with E-state index in [1.165, 1.54) is 0 Å². The molecule has 0 N–H and O–H groups in total. The third-order valence-corrected chi connectivity index (χ3v) is 2.79. The quantitative estimate of drug-likeness (QED) is 0.795. The zero-order valence-electron chi connectivity index (χ0n) is 9.20. The Morgan fingerprint density at radius 1 is 1.35 bits per heavy atom. The van der Waals surface area contributed by atoms with E-state index in [0.29, 0.717) is 18.7 Å². The van der Waals surface area contributed by atoms with E-state index in [1.54, 1.807) is 18.2 Å². The Hall–Kier alpha value is -1.70. The van der Waals surface area contributed by atoms with Crippen LogP contribution in [0.25, 0.3) is 0 Å². The normalized spacial score (nSPS) is 19.6. The lowest BCUT2D eigenvalue weighted by atomic mass is 9.94. The average Bonchev–Trinajstić information content (AvgIpc) is 2.32. The SMILES string of the molecule is N#Cc1cccc(OC2CCC(F)(F)CC2)n1. The molecular formula is C12H12F2N2O. The maximum absolute atomic E-state index is 12.9. The lowest BCUT2D eigenvalue weighted by molar-refractivity contribution is -0.0588. The van der Waals surface area contributed by atoms with Gasteiger partial charge in [0, 0.05) is 18.9 Å². The number of halogens is 2. The number of alkyl halides is 2.